The number of piperidine rings is 1. The van der Waals surface area contributed by atoms with Crippen LogP contribution in [-0.2, 0) is 4.79 Å². The van der Waals surface area contributed by atoms with Crippen molar-refractivity contribution in [1.82, 2.24) is 14.9 Å². The number of nitrogens with one attached hydrogen (secondary N) is 1. The maximum absolute atomic E-state index is 12.7. The molecule has 0 radical (unpaired) electrons. The first-order valence-electron chi connectivity index (χ1n) is 9.05. The number of carbonyl (C=O) groups is 1. The van der Waals surface area contributed by atoms with Crippen molar-refractivity contribution in [2.75, 3.05) is 42.1 Å². The molecule has 7 heteroatoms. The molecule has 1 unspecified atom stereocenters. The van der Waals surface area contributed by atoms with E-state index in [1.54, 1.807) is 0 Å². The number of aromatic nitrogens is 2. The summed E-state index contributed by atoms with van der Waals surface area (Å²) in [7, 11) is 0. The highest BCUT2D eigenvalue weighted by Gasteiger charge is 2.29. The van der Waals surface area contributed by atoms with Crippen LogP contribution in [0.5, 0.6) is 0 Å². The molecule has 2 heterocycles. The molecule has 0 bridgehead atoms. The highest BCUT2D eigenvalue weighted by molar-refractivity contribution is 5.79. The SMILES string of the molecule is CCN(CC)C(=O)C1CCCN(c2cc(NC3CC3)nc(N)n2)C1. The number of amides is 1. The van der Waals surface area contributed by atoms with E-state index in [0.717, 1.165) is 44.1 Å². The van der Waals surface area contributed by atoms with Gasteiger partial charge in [-0.05, 0) is 39.5 Å². The Morgan fingerprint density at radius 2 is 2.08 bits per heavy atom. The highest BCUT2D eigenvalue weighted by Crippen LogP contribution is 2.28. The van der Waals surface area contributed by atoms with Crippen LogP contribution in [0.2, 0.25) is 0 Å². The van der Waals surface area contributed by atoms with Gasteiger partial charge in [0.2, 0.25) is 11.9 Å². The molecule has 3 N–H and O–H groups in total. The molecule has 1 aliphatic carbocycles. The van der Waals surface area contributed by atoms with Crippen LogP contribution < -0.4 is 16.0 Å². The van der Waals surface area contributed by atoms with Crippen LogP contribution in [0.15, 0.2) is 6.07 Å². The third-order valence-corrected chi connectivity index (χ3v) is 4.83. The number of carbonyl (C=O) groups excluding carboxylic acids is 1. The summed E-state index contributed by atoms with van der Waals surface area (Å²) in [6.07, 6.45) is 4.30. The summed E-state index contributed by atoms with van der Waals surface area (Å²) in [6, 6.07) is 2.48. The Hall–Kier alpha value is -2.05. The lowest BCUT2D eigenvalue weighted by atomic mass is 9.96. The van der Waals surface area contributed by atoms with Gasteiger partial charge in [-0.15, -0.1) is 0 Å². The van der Waals surface area contributed by atoms with Crippen molar-refractivity contribution in [2.24, 2.45) is 5.92 Å². The molecular formula is C17H28N6O. The molecule has 132 valence electrons. The average Bonchev–Trinajstić information content (AvgIpc) is 3.39. The van der Waals surface area contributed by atoms with Crippen molar-refractivity contribution < 1.29 is 4.79 Å². The maximum atomic E-state index is 12.7. The Morgan fingerprint density at radius 1 is 1.33 bits per heavy atom. The van der Waals surface area contributed by atoms with Gasteiger partial charge in [-0.2, -0.15) is 9.97 Å². The molecule has 2 aliphatic rings. The molecule has 1 saturated carbocycles. The molecule has 1 atom stereocenters. The van der Waals surface area contributed by atoms with Crippen LogP contribution >= 0.6 is 0 Å². The van der Waals surface area contributed by atoms with Gasteiger partial charge in [0.1, 0.15) is 11.6 Å². The van der Waals surface area contributed by atoms with Crippen molar-refractivity contribution in [3.63, 3.8) is 0 Å². The van der Waals surface area contributed by atoms with E-state index in [1.807, 2.05) is 24.8 Å². The zero-order valence-electron chi connectivity index (χ0n) is 14.7. The normalized spacial score (nSPS) is 20.8. The van der Waals surface area contributed by atoms with Crippen LogP contribution in [-0.4, -0.2) is 53.0 Å². The monoisotopic (exact) mass is 332 g/mol. The minimum absolute atomic E-state index is 0.0367. The molecule has 3 rings (SSSR count). The maximum Gasteiger partial charge on any atom is 0.227 e. The van der Waals surface area contributed by atoms with Gasteiger partial charge < -0.3 is 20.9 Å². The lowest BCUT2D eigenvalue weighted by Gasteiger charge is -2.35. The van der Waals surface area contributed by atoms with Gasteiger partial charge >= 0.3 is 0 Å². The van der Waals surface area contributed by atoms with E-state index in [0.29, 0.717) is 12.6 Å². The molecule has 0 spiro atoms. The first kappa shape index (κ1) is 16.8. The van der Waals surface area contributed by atoms with Crippen LogP contribution in [0, 0.1) is 5.92 Å². The number of nitrogens with zero attached hydrogens (tertiary/aromatic N) is 4. The first-order chi connectivity index (χ1) is 11.6. The standard InChI is InChI=1S/C17H28N6O/c1-3-22(4-2)16(24)12-6-5-9-23(11-12)15-10-14(19-13-7-8-13)20-17(18)21-15/h10,12-13H,3-9,11H2,1-2H3,(H3,18,19,20,21). The average molecular weight is 332 g/mol. The lowest BCUT2D eigenvalue weighted by molar-refractivity contribution is -0.135. The van der Waals surface area contributed by atoms with Crippen molar-refractivity contribution in [2.45, 2.75) is 45.6 Å². The van der Waals surface area contributed by atoms with Gasteiger partial charge in [0.25, 0.3) is 0 Å². The molecular weight excluding hydrogens is 304 g/mol. The second-order valence-corrected chi connectivity index (χ2v) is 6.68. The van der Waals surface area contributed by atoms with Gasteiger partial charge in [-0.25, -0.2) is 0 Å². The van der Waals surface area contributed by atoms with Crippen LogP contribution in [0.3, 0.4) is 0 Å². The van der Waals surface area contributed by atoms with Gasteiger partial charge in [0.05, 0.1) is 5.92 Å². The fourth-order valence-corrected chi connectivity index (χ4v) is 3.31. The minimum atomic E-state index is 0.0367. The third-order valence-electron chi connectivity index (χ3n) is 4.83. The molecule has 1 aromatic heterocycles. The lowest BCUT2D eigenvalue weighted by Crippen LogP contribution is -2.45. The molecule has 0 aromatic carbocycles. The topological polar surface area (TPSA) is 87.4 Å². The first-order valence-corrected chi connectivity index (χ1v) is 9.05. The summed E-state index contributed by atoms with van der Waals surface area (Å²) in [5.41, 5.74) is 5.88. The number of hydrogen-bond donors (Lipinski definition) is 2. The number of nitrogen functional groups attached to an aromatic ring is 1. The molecule has 24 heavy (non-hydrogen) atoms. The van der Waals surface area contributed by atoms with E-state index in [4.69, 9.17) is 5.73 Å². The Morgan fingerprint density at radius 3 is 2.75 bits per heavy atom. The molecule has 1 aromatic rings. The predicted molar refractivity (Wildman–Crippen MR) is 96.0 cm³/mol. The van der Waals surface area contributed by atoms with Crippen LogP contribution in [0.1, 0.15) is 39.5 Å². The van der Waals surface area contributed by atoms with Gasteiger partial charge in [-0.1, -0.05) is 0 Å². The number of nitrogens with two attached hydrogens (primary N) is 1. The summed E-state index contributed by atoms with van der Waals surface area (Å²) < 4.78 is 0. The number of anilines is 3. The fraction of sp³-hybridized carbons (Fsp3) is 0.706. The van der Waals surface area contributed by atoms with E-state index in [1.165, 1.54) is 12.8 Å². The van der Waals surface area contributed by atoms with E-state index in [9.17, 15) is 4.79 Å². The van der Waals surface area contributed by atoms with Gasteiger partial charge in [0, 0.05) is 38.3 Å². The number of hydrogen-bond acceptors (Lipinski definition) is 6. The summed E-state index contributed by atoms with van der Waals surface area (Å²) in [5, 5.41) is 3.37. The summed E-state index contributed by atoms with van der Waals surface area (Å²) in [4.78, 5) is 25.4. The predicted octanol–water partition coefficient (Wildman–Crippen LogP) is 1.72. The third kappa shape index (κ3) is 3.88. The zero-order chi connectivity index (χ0) is 17.1. The van der Waals surface area contributed by atoms with E-state index < -0.39 is 0 Å². The summed E-state index contributed by atoms with van der Waals surface area (Å²) >= 11 is 0. The van der Waals surface area contributed by atoms with Crippen molar-refractivity contribution in [1.29, 1.82) is 0 Å². The Balaban J connectivity index is 1.72. The van der Waals surface area contributed by atoms with E-state index >= 15 is 0 Å². The second-order valence-electron chi connectivity index (χ2n) is 6.68. The van der Waals surface area contributed by atoms with Crippen LogP contribution in [0.4, 0.5) is 17.6 Å². The molecule has 7 nitrogen and oxygen atoms in total. The van der Waals surface area contributed by atoms with Crippen LogP contribution in [0.25, 0.3) is 0 Å². The fourth-order valence-electron chi connectivity index (χ4n) is 3.31. The Kier molecular flexibility index (Phi) is 5.06. The smallest absolute Gasteiger partial charge is 0.227 e. The minimum Gasteiger partial charge on any atom is -0.368 e. The summed E-state index contributed by atoms with van der Waals surface area (Å²) in [6.45, 7) is 7.20. The number of rotatable bonds is 6. The Bertz CT molecular complexity index is 584. The molecule has 1 aliphatic heterocycles. The molecule has 1 saturated heterocycles. The zero-order valence-corrected chi connectivity index (χ0v) is 14.7. The molecule has 1 amide bonds. The van der Waals surface area contributed by atoms with Crippen molar-refractivity contribution >= 4 is 23.5 Å². The van der Waals surface area contributed by atoms with Crippen molar-refractivity contribution in [3.8, 4) is 0 Å². The summed E-state index contributed by atoms with van der Waals surface area (Å²) in [5.74, 6) is 2.19. The molecule has 2 fully saturated rings. The van der Waals surface area contributed by atoms with E-state index in [-0.39, 0.29) is 17.8 Å². The Labute approximate surface area is 143 Å². The van der Waals surface area contributed by atoms with Gasteiger partial charge in [-0.3, -0.25) is 4.79 Å². The van der Waals surface area contributed by atoms with Crippen molar-refractivity contribution in [3.05, 3.63) is 6.07 Å². The van der Waals surface area contributed by atoms with E-state index in [2.05, 4.69) is 20.2 Å². The quantitative estimate of drug-likeness (QED) is 0.825. The highest BCUT2D eigenvalue weighted by atomic mass is 16.2. The second kappa shape index (κ2) is 7.23. The largest absolute Gasteiger partial charge is 0.368 e. The van der Waals surface area contributed by atoms with Gasteiger partial charge in [0.15, 0.2) is 0 Å².